The van der Waals surface area contributed by atoms with Crippen molar-refractivity contribution in [1.29, 1.82) is 0 Å². The maximum Gasteiger partial charge on any atom is 0.307 e. The first-order valence-corrected chi connectivity index (χ1v) is 11.6. The Morgan fingerprint density at radius 3 is 2.51 bits per heavy atom. The monoisotopic (exact) mass is 466 g/mol. The number of aryl methyl sites for hydroxylation is 2. The molecule has 5 rings (SSSR count). The van der Waals surface area contributed by atoms with Gasteiger partial charge in [-0.2, -0.15) is 0 Å². The van der Waals surface area contributed by atoms with Gasteiger partial charge in [0.25, 0.3) is 0 Å². The zero-order valence-corrected chi connectivity index (χ0v) is 19.9. The largest absolute Gasteiger partial charge is 0.481 e. The molecule has 7 nitrogen and oxygen atoms in total. The number of aliphatic carboxylic acids is 1. The molecule has 35 heavy (non-hydrogen) atoms. The van der Waals surface area contributed by atoms with E-state index in [4.69, 9.17) is 14.6 Å². The zero-order valence-electron chi connectivity index (χ0n) is 19.9. The summed E-state index contributed by atoms with van der Waals surface area (Å²) in [6.45, 7) is 5.99. The number of pyridine rings is 2. The van der Waals surface area contributed by atoms with Crippen LogP contribution in [0.1, 0.15) is 42.1 Å². The van der Waals surface area contributed by atoms with E-state index in [0.29, 0.717) is 0 Å². The average molecular weight is 467 g/mol. The number of fused-ring (bicyclic) bond motifs is 1. The van der Waals surface area contributed by atoms with Gasteiger partial charge < -0.3 is 14.2 Å². The number of carbonyl (C=O) groups is 1. The Bertz CT molecular complexity index is 1480. The molecular weight excluding hydrogens is 440 g/mol. The van der Waals surface area contributed by atoms with Gasteiger partial charge in [0.2, 0.25) is 0 Å². The molecule has 0 fully saturated rings. The van der Waals surface area contributed by atoms with Crippen molar-refractivity contribution in [3.63, 3.8) is 0 Å². The molecule has 0 aliphatic heterocycles. The Hall–Kier alpha value is -4.26. The first kappa shape index (κ1) is 22.5. The number of rotatable bonds is 7. The molecule has 0 amide bonds. The van der Waals surface area contributed by atoms with E-state index in [1.165, 1.54) is 0 Å². The second-order valence-corrected chi connectivity index (χ2v) is 8.69. The van der Waals surface area contributed by atoms with Crippen LogP contribution in [0.4, 0.5) is 0 Å². The molecule has 1 aromatic carbocycles. The van der Waals surface area contributed by atoms with Gasteiger partial charge in [0.1, 0.15) is 5.76 Å². The molecule has 5 aromatic rings. The number of benzene rings is 1. The number of hydrogen-bond donors (Lipinski definition) is 1. The van der Waals surface area contributed by atoms with E-state index in [0.717, 1.165) is 62.4 Å². The molecular formula is C28H26N4O3. The Balaban J connectivity index is 1.70. The van der Waals surface area contributed by atoms with E-state index in [2.05, 4.69) is 33.9 Å². The zero-order chi connectivity index (χ0) is 24.5. The van der Waals surface area contributed by atoms with Gasteiger partial charge in [-0.15, -0.1) is 0 Å². The van der Waals surface area contributed by atoms with Gasteiger partial charge in [0, 0.05) is 35.3 Å². The van der Waals surface area contributed by atoms with Crippen molar-refractivity contribution in [3.05, 3.63) is 89.8 Å². The Morgan fingerprint density at radius 1 is 1.09 bits per heavy atom. The molecule has 1 atom stereocenters. The summed E-state index contributed by atoms with van der Waals surface area (Å²) in [7, 11) is 0. The third-order valence-electron chi connectivity index (χ3n) is 6.36. The summed E-state index contributed by atoms with van der Waals surface area (Å²) in [6, 6.07) is 15.8. The summed E-state index contributed by atoms with van der Waals surface area (Å²) in [4.78, 5) is 20.6. The minimum atomic E-state index is -0.843. The van der Waals surface area contributed by atoms with Crippen LogP contribution in [-0.4, -0.2) is 30.8 Å². The number of hydrogen-bond acceptors (Lipinski definition) is 5. The van der Waals surface area contributed by atoms with Gasteiger partial charge in [-0.05, 0) is 49.6 Å². The van der Waals surface area contributed by atoms with Crippen molar-refractivity contribution >= 4 is 17.0 Å². The molecule has 0 saturated heterocycles. The molecule has 176 valence electrons. The van der Waals surface area contributed by atoms with Gasteiger partial charge in [-0.3, -0.25) is 14.8 Å². The van der Waals surface area contributed by atoms with E-state index in [1.54, 1.807) is 0 Å². The molecule has 0 saturated carbocycles. The normalized spacial score (nSPS) is 12.2. The number of nitrogens with zero attached hydrogens (tertiary/aromatic N) is 4. The average Bonchev–Trinajstić information content (AvgIpc) is 3.39. The maximum atomic E-state index is 11.1. The van der Waals surface area contributed by atoms with Crippen LogP contribution in [0.2, 0.25) is 0 Å². The second kappa shape index (κ2) is 9.18. The fraction of sp³-hybridized carbons (Fsp3) is 0.214. The van der Waals surface area contributed by atoms with Crippen LogP contribution in [0, 0.1) is 13.8 Å². The van der Waals surface area contributed by atoms with Crippen molar-refractivity contribution < 1.29 is 14.4 Å². The van der Waals surface area contributed by atoms with Crippen molar-refractivity contribution in [1.82, 2.24) is 19.7 Å². The molecule has 4 aromatic heterocycles. The van der Waals surface area contributed by atoms with Crippen molar-refractivity contribution in [3.8, 4) is 22.3 Å². The molecule has 0 radical (unpaired) electrons. The fourth-order valence-electron chi connectivity index (χ4n) is 4.73. The van der Waals surface area contributed by atoms with E-state index < -0.39 is 5.97 Å². The first-order valence-electron chi connectivity index (χ1n) is 11.6. The number of carboxylic acids is 1. The molecule has 4 heterocycles. The summed E-state index contributed by atoms with van der Waals surface area (Å²) < 4.78 is 7.65. The smallest absolute Gasteiger partial charge is 0.307 e. The molecule has 0 unspecified atom stereocenters. The highest BCUT2D eigenvalue weighted by atomic mass is 16.5. The lowest BCUT2D eigenvalue weighted by Crippen LogP contribution is -2.10. The molecule has 7 heteroatoms. The summed E-state index contributed by atoms with van der Waals surface area (Å²) in [5.41, 5.74) is 8.32. The van der Waals surface area contributed by atoms with Crippen LogP contribution < -0.4 is 0 Å². The molecule has 0 bridgehead atoms. The lowest BCUT2D eigenvalue weighted by molar-refractivity contribution is -0.136. The van der Waals surface area contributed by atoms with E-state index in [9.17, 15) is 4.79 Å². The SMILES string of the molecule is CC[C@H](c1ccccn1)n1cc(-c2ccc(CC(=O)O)cc2)c2ncc(-c3c(C)noc3C)cc21. The van der Waals surface area contributed by atoms with Crippen LogP contribution in [0.15, 0.2) is 71.6 Å². The van der Waals surface area contributed by atoms with Gasteiger partial charge in [-0.25, -0.2) is 0 Å². The number of aromatic nitrogens is 4. The van der Waals surface area contributed by atoms with Crippen LogP contribution in [0.3, 0.4) is 0 Å². The van der Waals surface area contributed by atoms with Crippen molar-refractivity contribution in [2.75, 3.05) is 0 Å². The summed E-state index contributed by atoms with van der Waals surface area (Å²) in [6.07, 6.45) is 6.67. The van der Waals surface area contributed by atoms with Crippen LogP contribution in [0.5, 0.6) is 0 Å². The van der Waals surface area contributed by atoms with Gasteiger partial charge in [0.15, 0.2) is 0 Å². The first-order chi connectivity index (χ1) is 17.0. The van der Waals surface area contributed by atoms with E-state index >= 15 is 0 Å². The van der Waals surface area contributed by atoms with Crippen LogP contribution in [-0.2, 0) is 11.2 Å². The standard InChI is InChI=1S/C28H26N4O3/c1-4-24(23-7-5-6-12-29-23)32-16-22(20-10-8-19(9-11-20)13-26(33)34)28-25(32)14-21(15-30-28)27-17(2)31-35-18(27)3/h5-12,14-16,24H,4,13H2,1-3H3,(H,33,34)/t24-/m1/s1. The highest BCUT2D eigenvalue weighted by Gasteiger charge is 2.21. The molecule has 1 N–H and O–H groups in total. The van der Waals surface area contributed by atoms with Gasteiger partial charge >= 0.3 is 5.97 Å². The third-order valence-corrected chi connectivity index (χ3v) is 6.36. The topological polar surface area (TPSA) is 94.0 Å². The molecule has 0 aliphatic carbocycles. The van der Waals surface area contributed by atoms with Crippen LogP contribution >= 0.6 is 0 Å². The quantitative estimate of drug-likeness (QED) is 0.316. The Morgan fingerprint density at radius 2 is 1.89 bits per heavy atom. The molecule has 0 spiro atoms. The molecule has 0 aliphatic rings. The van der Waals surface area contributed by atoms with Crippen molar-refractivity contribution in [2.45, 2.75) is 39.7 Å². The summed E-state index contributed by atoms with van der Waals surface area (Å²) >= 11 is 0. The fourth-order valence-corrected chi connectivity index (χ4v) is 4.73. The minimum absolute atomic E-state index is 0.00132. The van der Waals surface area contributed by atoms with Gasteiger partial charge in [-0.1, -0.05) is 42.4 Å². The summed E-state index contributed by atoms with van der Waals surface area (Å²) in [5, 5.41) is 13.2. The lowest BCUT2D eigenvalue weighted by Gasteiger charge is -2.18. The Kier molecular flexibility index (Phi) is 5.91. The second-order valence-electron chi connectivity index (χ2n) is 8.69. The van der Waals surface area contributed by atoms with Crippen LogP contribution in [0.25, 0.3) is 33.3 Å². The highest BCUT2D eigenvalue weighted by molar-refractivity contribution is 5.95. The Labute approximate surface area is 203 Å². The summed E-state index contributed by atoms with van der Waals surface area (Å²) in [5.74, 6) is -0.0863. The third kappa shape index (κ3) is 4.21. The predicted molar refractivity (Wildman–Crippen MR) is 134 cm³/mol. The van der Waals surface area contributed by atoms with Gasteiger partial charge in [0.05, 0.1) is 34.9 Å². The maximum absolute atomic E-state index is 11.1. The van der Waals surface area contributed by atoms with Crippen molar-refractivity contribution in [2.24, 2.45) is 0 Å². The minimum Gasteiger partial charge on any atom is -0.481 e. The predicted octanol–water partition coefficient (Wildman–Crippen LogP) is 6.00. The van der Waals surface area contributed by atoms with E-state index in [-0.39, 0.29) is 12.5 Å². The number of carboxylic acid groups (broad SMARTS) is 1. The van der Waals surface area contributed by atoms with E-state index in [1.807, 2.05) is 68.7 Å². The highest BCUT2D eigenvalue weighted by Crippen LogP contribution is 2.37. The lowest BCUT2D eigenvalue weighted by atomic mass is 10.0.